The van der Waals surface area contributed by atoms with Crippen molar-refractivity contribution >= 4 is 23.6 Å². The number of pyridine rings is 1. The van der Waals surface area contributed by atoms with Gasteiger partial charge in [0.05, 0.1) is 25.0 Å². The average Bonchev–Trinajstić information content (AvgIpc) is 2.76. The molecule has 0 radical (unpaired) electrons. The largest absolute Gasteiger partial charge is 0.507 e. The number of morpholine rings is 1. The number of aromatic hydroxyl groups is 1. The van der Waals surface area contributed by atoms with Gasteiger partial charge < -0.3 is 14.7 Å². The maximum Gasteiger partial charge on any atom is 0.275 e. The van der Waals surface area contributed by atoms with E-state index in [4.69, 9.17) is 4.74 Å². The van der Waals surface area contributed by atoms with Crippen molar-refractivity contribution in [2.24, 2.45) is 5.10 Å². The fourth-order valence-corrected chi connectivity index (χ4v) is 3.10. The molecule has 2 N–H and O–H groups in total. The number of anilines is 1. The number of hydrogen-bond acceptors (Lipinski definition) is 7. The van der Waals surface area contributed by atoms with E-state index < -0.39 is 5.91 Å². The number of amides is 1. The van der Waals surface area contributed by atoms with Crippen molar-refractivity contribution in [1.82, 2.24) is 14.8 Å². The van der Waals surface area contributed by atoms with Crippen molar-refractivity contribution in [2.45, 2.75) is 0 Å². The van der Waals surface area contributed by atoms with Gasteiger partial charge in [0, 0.05) is 19.3 Å². The van der Waals surface area contributed by atoms with Gasteiger partial charge in [-0.2, -0.15) is 5.10 Å². The Morgan fingerprint density at radius 3 is 2.72 bits per heavy atom. The molecular weight excluding hydrogens is 374 g/mol. The molecule has 29 heavy (non-hydrogen) atoms. The van der Waals surface area contributed by atoms with Gasteiger partial charge in [-0.05, 0) is 24.3 Å². The standard InChI is InChI=1S/C20H19N5O4/c26-16-6-2-1-5-14(16)19(27)23-21-13-15-18(24-9-11-29-12-10-24)22-17-7-3-4-8-25(17)20(15)28/h1-8,13,26H,9-12H2,(H,23,27). The first kappa shape index (κ1) is 18.6. The van der Waals surface area contributed by atoms with E-state index in [1.807, 2.05) is 11.0 Å². The SMILES string of the molecule is O=C(NN=Cc1c(N2CCOCC2)nc2ccccn2c1=O)c1ccccc1O. The van der Waals surface area contributed by atoms with Gasteiger partial charge in [-0.1, -0.05) is 18.2 Å². The van der Waals surface area contributed by atoms with Crippen molar-refractivity contribution in [3.8, 4) is 5.75 Å². The molecule has 1 aromatic carbocycles. The molecule has 0 atom stereocenters. The highest BCUT2D eigenvalue weighted by Crippen LogP contribution is 2.17. The van der Waals surface area contributed by atoms with E-state index in [2.05, 4.69) is 15.5 Å². The monoisotopic (exact) mass is 393 g/mol. The third kappa shape index (κ3) is 3.81. The van der Waals surface area contributed by atoms with Crippen molar-refractivity contribution in [2.75, 3.05) is 31.2 Å². The summed E-state index contributed by atoms with van der Waals surface area (Å²) in [6.45, 7) is 2.27. The molecule has 1 saturated heterocycles. The molecule has 3 aromatic rings. The van der Waals surface area contributed by atoms with E-state index in [0.29, 0.717) is 37.8 Å². The number of fused-ring (bicyclic) bond motifs is 1. The number of hydrogen-bond donors (Lipinski definition) is 2. The van der Waals surface area contributed by atoms with E-state index in [0.717, 1.165) is 0 Å². The molecule has 1 aliphatic rings. The van der Waals surface area contributed by atoms with Gasteiger partial charge in [0.2, 0.25) is 0 Å². The fourth-order valence-electron chi connectivity index (χ4n) is 3.10. The number of nitrogens with one attached hydrogen (secondary N) is 1. The quantitative estimate of drug-likeness (QED) is 0.506. The molecule has 1 fully saturated rings. The second kappa shape index (κ2) is 8.11. The Morgan fingerprint density at radius 2 is 1.93 bits per heavy atom. The van der Waals surface area contributed by atoms with E-state index >= 15 is 0 Å². The van der Waals surface area contributed by atoms with Gasteiger partial charge in [0.15, 0.2) is 0 Å². The lowest BCUT2D eigenvalue weighted by Gasteiger charge is -2.28. The predicted molar refractivity (Wildman–Crippen MR) is 108 cm³/mol. The molecule has 148 valence electrons. The van der Waals surface area contributed by atoms with Gasteiger partial charge in [-0.15, -0.1) is 0 Å². The van der Waals surface area contributed by atoms with Crippen molar-refractivity contribution in [3.63, 3.8) is 0 Å². The fraction of sp³-hybridized carbons (Fsp3) is 0.200. The molecule has 9 heteroatoms. The van der Waals surface area contributed by atoms with Crippen LogP contribution < -0.4 is 15.9 Å². The second-order valence-corrected chi connectivity index (χ2v) is 6.40. The van der Waals surface area contributed by atoms with Crippen LogP contribution in [0.4, 0.5) is 5.82 Å². The molecule has 1 amide bonds. The second-order valence-electron chi connectivity index (χ2n) is 6.40. The zero-order valence-electron chi connectivity index (χ0n) is 15.5. The number of aromatic nitrogens is 2. The van der Waals surface area contributed by atoms with Crippen LogP contribution in [0, 0.1) is 0 Å². The van der Waals surface area contributed by atoms with Crippen LogP contribution in [0.1, 0.15) is 15.9 Å². The molecule has 9 nitrogen and oxygen atoms in total. The van der Waals surface area contributed by atoms with Crippen LogP contribution in [0.15, 0.2) is 58.6 Å². The van der Waals surface area contributed by atoms with Gasteiger partial charge in [0.25, 0.3) is 11.5 Å². The smallest absolute Gasteiger partial charge is 0.275 e. The lowest BCUT2D eigenvalue weighted by atomic mass is 10.2. The minimum atomic E-state index is -0.582. The van der Waals surface area contributed by atoms with Crippen LogP contribution in [-0.2, 0) is 4.74 Å². The number of para-hydroxylation sites is 1. The summed E-state index contributed by atoms with van der Waals surface area (Å²) in [7, 11) is 0. The number of ether oxygens (including phenoxy) is 1. The maximum atomic E-state index is 13.0. The summed E-state index contributed by atoms with van der Waals surface area (Å²) in [4.78, 5) is 31.8. The van der Waals surface area contributed by atoms with E-state index in [1.165, 1.54) is 22.7 Å². The van der Waals surface area contributed by atoms with Gasteiger partial charge in [-0.25, -0.2) is 10.4 Å². The Morgan fingerprint density at radius 1 is 1.17 bits per heavy atom. The molecule has 0 bridgehead atoms. The van der Waals surface area contributed by atoms with Gasteiger partial charge >= 0.3 is 0 Å². The molecule has 3 heterocycles. The van der Waals surface area contributed by atoms with Gasteiger partial charge in [-0.3, -0.25) is 14.0 Å². The molecule has 4 rings (SSSR count). The number of carbonyl (C=O) groups excluding carboxylic acids is 1. The highest BCUT2D eigenvalue weighted by Gasteiger charge is 2.19. The first-order valence-corrected chi connectivity index (χ1v) is 9.10. The summed E-state index contributed by atoms with van der Waals surface area (Å²) >= 11 is 0. The number of benzene rings is 1. The molecule has 1 aliphatic heterocycles. The van der Waals surface area contributed by atoms with Crippen LogP contribution in [0.2, 0.25) is 0 Å². The van der Waals surface area contributed by atoms with Crippen LogP contribution in [0.3, 0.4) is 0 Å². The van der Waals surface area contributed by atoms with E-state index in [-0.39, 0.29) is 22.4 Å². The van der Waals surface area contributed by atoms with Crippen LogP contribution >= 0.6 is 0 Å². The topological polar surface area (TPSA) is 109 Å². The zero-order valence-corrected chi connectivity index (χ0v) is 15.5. The highest BCUT2D eigenvalue weighted by atomic mass is 16.5. The number of phenols is 1. The lowest BCUT2D eigenvalue weighted by Crippen LogP contribution is -2.39. The Bertz CT molecular complexity index is 1140. The molecule has 0 aliphatic carbocycles. The minimum absolute atomic E-state index is 0.0893. The maximum absolute atomic E-state index is 13.0. The molecule has 0 spiro atoms. The van der Waals surface area contributed by atoms with Crippen LogP contribution in [0.25, 0.3) is 5.65 Å². The molecule has 0 saturated carbocycles. The third-order valence-electron chi connectivity index (χ3n) is 4.57. The molecule has 2 aromatic heterocycles. The van der Waals surface area contributed by atoms with Crippen molar-refractivity contribution in [1.29, 1.82) is 0 Å². The Balaban J connectivity index is 1.69. The Labute approximate surface area is 165 Å². The summed E-state index contributed by atoms with van der Waals surface area (Å²) in [5.41, 5.74) is 2.92. The summed E-state index contributed by atoms with van der Waals surface area (Å²) in [5, 5.41) is 13.7. The average molecular weight is 393 g/mol. The number of hydrazone groups is 1. The van der Waals surface area contributed by atoms with Crippen LogP contribution in [0.5, 0.6) is 5.75 Å². The van der Waals surface area contributed by atoms with Gasteiger partial charge in [0.1, 0.15) is 22.8 Å². The van der Waals surface area contributed by atoms with E-state index in [1.54, 1.807) is 30.5 Å². The number of rotatable bonds is 4. The number of carbonyl (C=O) groups is 1. The zero-order chi connectivity index (χ0) is 20.2. The predicted octanol–water partition coefficient (Wildman–Crippen LogP) is 1.00. The molecular formula is C20H19N5O4. The Hall–Kier alpha value is -3.72. The first-order chi connectivity index (χ1) is 14.1. The summed E-state index contributed by atoms with van der Waals surface area (Å²) in [5.74, 6) is -0.243. The normalized spacial score (nSPS) is 14.4. The first-order valence-electron chi connectivity index (χ1n) is 9.10. The molecule has 0 unspecified atom stereocenters. The van der Waals surface area contributed by atoms with Crippen molar-refractivity contribution < 1.29 is 14.6 Å². The van der Waals surface area contributed by atoms with E-state index in [9.17, 15) is 14.7 Å². The summed E-state index contributed by atoms with van der Waals surface area (Å²) in [6.07, 6.45) is 2.92. The highest BCUT2D eigenvalue weighted by molar-refractivity contribution is 5.97. The number of phenolic OH excluding ortho intramolecular Hbond substituents is 1. The number of nitrogens with zero attached hydrogens (tertiary/aromatic N) is 4. The third-order valence-corrected chi connectivity index (χ3v) is 4.57. The van der Waals surface area contributed by atoms with Crippen LogP contribution in [-0.4, -0.2) is 52.9 Å². The Kier molecular flexibility index (Phi) is 5.21. The lowest BCUT2D eigenvalue weighted by molar-refractivity contribution is 0.0952. The summed E-state index contributed by atoms with van der Waals surface area (Å²) in [6, 6.07) is 11.4. The minimum Gasteiger partial charge on any atom is -0.507 e. The van der Waals surface area contributed by atoms with Crippen molar-refractivity contribution in [3.05, 3.63) is 70.1 Å². The summed E-state index contributed by atoms with van der Waals surface area (Å²) < 4.78 is 6.81.